The van der Waals surface area contributed by atoms with E-state index in [1.807, 2.05) is 24.8 Å². The summed E-state index contributed by atoms with van der Waals surface area (Å²) < 4.78 is 19.4. The number of amides is 1. The van der Waals surface area contributed by atoms with Crippen LogP contribution in [0.5, 0.6) is 5.75 Å². The first-order chi connectivity index (χ1) is 15.1. The van der Waals surface area contributed by atoms with Crippen LogP contribution in [0.4, 0.5) is 4.39 Å². The Morgan fingerprint density at radius 3 is 2.41 bits per heavy atom. The number of nitrogens with zero attached hydrogens (tertiary/aromatic N) is 4. The monoisotopic (exact) mass is 561 g/mol. The number of carbonyl (C=O) groups excluding carboxylic acids is 1. The number of halogens is 2. The molecule has 32 heavy (non-hydrogen) atoms. The van der Waals surface area contributed by atoms with E-state index in [9.17, 15) is 9.18 Å². The third-order valence-electron chi connectivity index (χ3n) is 5.78. The molecule has 2 heterocycles. The third kappa shape index (κ3) is 7.75. The molecule has 1 amide bonds. The molecule has 9 heteroatoms. The van der Waals surface area contributed by atoms with Gasteiger partial charge in [-0.25, -0.2) is 9.38 Å². The molecule has 2 aliphatic heterocycles. The highest BCUT2D eigenvalue weighted by molar-refractivity contribution is 14.0. The minimum absolute atomic E-state index is 0. The summed E-state index contributed by atoms with van der Waals surface area (Å²) in [5, 5.41) is 3.34. The summed E-state index contributed by atoms with van der Waals surface area (Å²) in [5.74, 6) is 1.01. The molecule has 0 unspecified atom stereocenters. The number of hydrogen-bond donors (Lipinski definition) is 1. The number of benzene rings is 1. The van der Waals surface area contributed by atoms with Crippen LogP contribution in [0.2, 0.25) is 0 Å². The maximum atomic E-state index is 14.1. The van der Waals surface area contributed by atoms with Crippen LogP contribution in [-0.2, 0) is 11.3 Å². The lowest BCUT2D eigenvalue weighted by Crippen LogP contribution is -2.54. The molecule has 0 saturated carbocycles. The Kier molecular flexibility index (Phi) is 11.5. The molecule has 0 atom stereocenters. The Labute approximate surface area is 208 Å². The largest absolute Gasteiger partial charge is 0.491 e. The minimum atomic E-state index is -0.355. The van der Waals surface area contributed by atoms with Gasteiger partial charge < -0.3 is 19.9 Å². The van der Waals surface area contributed by atoms with Gasteiger partial charge in [0.05, 0.1) is 19.7 Å². The van der Waals surface area contributed by atoms with Crippen LogP contribution in [0.25, 0.3) is 0 Å². The molecule has 2 saturated heterocycles. The van der Waals surface area contributed by atoms with Crippen molar-refractivity contribution >= 4 is 35.8 Å². The lowest BCUT2D eigenvalue weighted by atomic mass is 10.1. The number of guanidine groups is 1. The first kappa shape index (κ1) is 26.6. The molecular formula is C23H37FIN5O2. The van der Waals surface area contributed by atoms with Gasteiger partial charge in [-0.1, -0.05) is 6.07 Å². The summed E-state index contributed by atoms with van der Waals surface area (Å²) in [6.45, 7) is 11.1. The predicted molar refractivity (Wildman–Crippen MR) is 136 cm³/mol. The van der Waals surface area contributed by atoms with E-state index in [0.717, 1.165) is 70.2 Å². The number of likely N-dealkylation sites (tertiary alicyclic amines) is 1. The minimum Gasteiger partial charge on any atom is -0.491 e. The molecule has 2 aliphatic rings. The fourth-order valence-electron chi connectivity index (χ4n) is 4.06. The topological polar surface area (TPSA) is 60.4 Å². The normalized spacial score (nSPS) is 17.7. The average Bonchev–Trinajstić information content (AvgIpc) is 2.79. The molecule has 1 aromatic carbocycles. The van der Waals surface area contributed by atoms with Gasteiger partial charge >= 0.3 is 0 Å². The van der Waals surface area contributed by atoms with Crippen LogP contribution in [0.3, 0.4) is 0 Å². The Bertz CT molecular complexity index is 750. The Morgan fingerprint density at radius 2 is 1.78 bits per heavy atom. The molecule has 7 nitrogen and oxygen atoms in total. The molecule has 1 N–H and O–H groups in total. The van der Waals surface area contributed by atoms with Crippen LogP contribution < -0.4 is 10.1 Å². The molecule has 0 aliphatic carbocycles. The number of rotatable bonds is 7. The van der Waals surface area contributed by atoms with Crippen LogP contribution in [0.1, 0.15) is 38.7 Å². The summed E-state index contributed by atoms with van der Waals surface area (Å²) >= 11 is 0. The fraction of sp³-hybridized carbons (Fsp3) is 0.652. The number of carbonyl (C=O) groups is 1. The van der Waals surface area contributed by atoms with E-state index in [2.05, 4.69) is 15.1 Å². The van der Waals surface area contributed by atoms with Crippen molar-refractivity contribution in [1.82, 2.24) is 20.0 Å². The van der Waals surface area contributed by atoms with Gasteiger partial charge in [-0.3, -0.25) is 9.69 Å². The van der Waals surface area contributed by atoms with Crippen molar-refractivity contribution in [3.8, 4) is 5.75 Å². The standard InChI is InChI=1S/C23H36FN5O2.HI/c1-3-25-23(26-17-19-8-9-21(31-4-2)20(24)16-19)29-14-12-27(13-15-29)18-22(30)28-10-6-5-7-11-28;/h8-9,16H,3-7,10-15,17-18H2,1-2H3,(H,25,26);1H. The van der Waals surface area contributed by atoms with E-state index in [1.54, 1.807) is 6.07 Å². The third-order valence-corrected chi connectivity index (χ3v) is 5.78. The van der Waals surface area contributed by atoms with Crippen LogP contribution in [0.15, 0.2) is 23.2 Å². The van der Waals surface area contributed by atoms with Gasteiger partial charge in [0, 0.05) is 45.8 Å². The Morgan fingerprint density at radius 1 is 1.06 bits per heavy atom. The van der Waals surface area contributed by atoms with E-state index >= 15 is 0 Å². The van der Waals surface area contributed by atoms with Crippen molar-refractivity contribution in [2.75, 3.05) is 59.0 Å². The molecule has 0 radical (unpaired) electrons. The zero-order chi connectivity index (χ0) is 22.1. The van der Waals surface area contributed by atoms with Crippen LogP contribution in [-0.4, -0.2) is 85.5 Å². The fourth-order valence-corrected chi connectivity index (χ4v) is 4.06. The summed E-state index contributed by atoms with van der Waals surface area (Å²) in [6.07, 6.45) is 3.48. The number of piperidine rings is 1. The molecule has 0 spiro atoms. The Balaban J connectivity index is 0.00000363. The molecule has 180 valence electrons. The van der Waals surface area contributed by atoms with E-state index in [0.29, 0.717) is 19.7 Å². The van der Waals surface area contributed by atoms with Crippen LogP contribution >= 0.6 is 24.0 Å². The summed E-state index contributed by atoms with van der Waals surface area (Å²) in [4.78, 5) is 23.7. The number of nitrogens with one attached hydrogen (secondary N) is 1. The summed E-state index contributed by atoms with van der Waals surface area (Å²) in [7, 11) is 0. The predicted octanol–water partition coefficient (Wildman–Crippen LogP) is 2.94. The molecule has 0 aromatic heterocycles. The van der Waals surface area contributed by atoms with Crippen molar-refractivity contribution in [2.45, 2.75) is 39.7 Å². The van der Waals surface area contributed by atoms with Crippen molar-refractivity contribution in [3.05, 3.63) is 29.6 Å². The highest BCUT2D eigenvalue weighted by Crippen LogP contribution is 2.19. The van der Waals surface area contributed by atoms with Crippen molar-refractivity contribution < 1.29 is 13.9 Å². The SMILES string of the molecule is CCNC(=NCc1ccc(OCC)c(F)c1)N1CCN(CC(=O)N2CCCCC2)CC1.I. The lowest BCUT2D eigenvalue weighted by molar-refractivity contribution is -0.133. The second-order valence-corrected chi connectivity index (χ2v) is 8.07. The molecule has 3 rings (SSSR count). The number of piperazine rings is 1. The highest BCUT2D eigenvalue weighted by Gasteiger charge is 2.24. The number of hydrogen-bond acceptors (Lipinski definition) is 4. The van der Waals surface area contributed by atoms with Crippen molar-refractivity contribution in [3.63, 3.8) is 0 Å². The molecule has 1 aromatic rings. The van der Waals surface area contributed by atoms with Gasteiger partial charge in [-0.05, 0) is 50.8 Å². The molecule has 0 bridgehead atoms. The van der Waals surface area contributed by atoms with Gasteiger partial charge in [0.1, 0.15) is 0 Å². The van der Waals surface area contributed by atoms with Gasteiger partial charge in [0.2, 0.25) is 5.91 Å². The average molecular weight is 561 g/mol. The summed E-state index contributed by atoms with van der Waals surface area (Å²) in [6, 6.07) is 5.00. The van der Waals surface area contributed by atoms with Crippen molar-refractivity contribution in [2.24, 2.45) is 4.99 Å². The van der Waals surface area contributed by atoms with E-state index in [4.69, 9.17) is 9.73 Å². The first-order valence-electron chi connectivity index (χ1n) is 11.5. The maximum Gasteiger partial charge on any atom is 0.236 e. The van der Waals surface area contributed by atoms with Gasteiger partial charge in [0.25, 0.3) is 0 Å². The second-order valence-electron chi connectivity index (χ2n) is 8.07. The smallest absolute Gasteiger partial charge is 0.236 e. The van der Waals surface area contributed by atoms with E-state index < -0.39 is 0 Å². The quantitative estimate of drug-likeness (QED) is 0.315. The first-order valence-corrected chi connectivity index (χ1v) is 11.5. The molecular weight excluding hydrogens is 524 g/mol. The van der Waals surface area contributed by atoms with Crippen LogP contribution in [0, 0.1) is 5.82 Å². The second kappa shape index (κ2) is 13.8. The number of aliphatic imine (C=N–C) groups is 1. The number of ether oxygens (including phenoxy) is 1. The zero-order valence-corrected chi connectivity index (χ0v) is 21.6. The van der Waals surface area contributed by atoms with E-state index in [1.165, 1.54) is 12.5 Å². The van der Waals surface area contributed by atoms with Gasteiger partial charge in [0.15, 0.2) is 17.5 Å². The molecule has 2 fully saturated rings. The Hall–Kier alpha value is -1.62. The summed E-state index contributed by atoms with van der Waals surface area (Å²) in [5.41, 5.74) is 0.808. The van der Waals surface area contributed by atoms with E-state index in [-0.39, 0.29) is 41.5 Å². The highest BCUT2D eigenvalue weighted by atomic mass is 127. The zero-order valence-electron chi connectivity index (χ0n) is 19.3. The lowest BCUT2D eigenvalue weighted by Gasteiger charge is -2.37. The van der Waals surface area contributed by atoms with Gasteiger partial charge in [-0.2, -0.15) is 0 Å². The maximum absolute atomic E-state index is 14.1. The van der Waals surface area contributed by atoms with Crippen molar-refractivity contribution in [1.29, 1.82) is 0 Å². The van der Waals surface area contributed by atoms with Gasteiger partial charge in [-0.15, -0.1) is 24.0 Å².